The number of aliphatic hydroxyl groups is 1. The second kappa shape index (κ2) is 3.40. The monoisotopic (exact) mass is 154 g/mol. The minimum atomic E-state index is 0.276. The van der Waals surface area contributed by atoms with Crippen LogP contribution in [0.2, 0.25) is 0 Å². The number of hydrogen-bond donors (Lipinski definition) is 1. The fourth-order valence-electron chi connectivity index (χ4n) is 2.10. The van der Waals surface area contributed by atoms with Crippen molar-refractivity contribution in [3.8, 4) is 0 Å². The molecule has 0 aromatic heterocycles. The van der Waals surface area contributed by atoms with Crippen molar-refractivity contribution in [2.24, 2.45) is 11.8 Å². The van der Waals surface area contributed by atoms with E-state index >= 15 is 0 Å². The van der Waals surface area contributed by atoms with Gasteiger partial charge >= 0.3 is 0 Å². The molecule has 1 N–H and O–H groups in total. The minimum Gasteiger partial charge on any atom is -0.392 e. The van der Waals surface area contributed by atoms with Gasteiger partial charge in [-0.2, -0.15) is 0 Å². The van der Waals surface area contributed by atoms with Gasteiger partial charge in [0.25, 0.3) is 0 Å². The summed E-state index contributed by atoms with van der Waals surface area (Å²) in [5.41, 5.74) is 2.80. The number of rotatable bonds is 2. The van der Waals surface area contributed by atoms with Gasteiger partial charge < -0.3 is 5.11 Å². The second-order valence-corrected chi connectivity index (χ2v) is 3.61. The maximum absolute atomic E-state index is 9.05. The maximum atomic E-state index is 9.05. The molecular formula is C10H18O. The third-order valence-corrected chi connectivity index (χ3v) is 3.00. The Morgan fingerprint density at radius 1 is 1.45 bits per heavy atom. The smallest absolute Gasteiger partial charge is 0.0644 e. The Labute approximate surface area is 69.1 Å². The standard InChI is InChI=1S/C10H18O/c1-4-10-8(3)7(2)5-9(10)6-11/h7-8,11H,4-6H2,1-3H3/t7-,8+/m1/s1. The Hall–Kier alpha value is -0.300. The molecular weight excluding hydrogens is 136 g/mol. The number of allylic oxidation sites excluding steroid dienone is 1. The summed E-state index contributed by atoms with van der Waals surface area (Å²) in [4.78, 5) is 0. The molecule has 2 atom stereocenters. The summed E-state index contributed by atoms with van der Waals surface area (Å²) in [7, 11) is 0. The van der Waals surface area contributed by atoms with Gasteiger partial charge in [-0.3, -0.25) is 0 Å². The highest BCUT2D eigenvalue weighted by atomic mass is 16.3. The van der Waals surface area contributed by atoms with Gasteiger partial charge in [0.15, 0.2) is 0 Å². The lowest BCUT2D eigenvalue weighted by molar-refractivity contribution is 0.324. The molecule has 1 aliphatic rings. The molecule has 0 aromatic rings. The molecule has 0 amide bonds. The molecule has 0 saturated carbocycles. The van der Waals surface area contributed by atoms with E-state index in [0.29, 0.717) is 5.92 Å². The SMILES string of the molecule is CCC1=C(CO)C[C@@H](C)[C@@H]1C. The first-order chi connectivity index (χ1) is 5.20. The van der Waals surface area contributed by atoms with Crippen molar-refractivity contribution in [1.29, 1.82) is 0 Å². The van der Waals surface area contributed by atoms with E-state index in [-0.39, 0.29) is 6.61 Å². The van der Waals surface area contributed by atoms with Crippen LogP contribution >= 0.6 is 0 Å². The highest BCUT2D eigenvalue weighted by Crippen LogP contribution is 2.37. The van der Waals surface area contributed by atoms with Crippen molar-refractivity contribution < 1.29 is 5.11 Å². The molecule has 0 saturated heterocycles. The summed E-state index contributed by atoms with van der Waals surface area (Å²) < 4.78 is 0. The molecule has 0 bridgehead atoms. The lowest BCUT2D eigenvalue weighted by Gasteiger charge is -2.11. The van der Waals surface area contributed by atoms with E-state index in [1.54, 1.807) is 0 Å². The quantitative estimate of drug-likeness (QED) is 0.605. The lowest BCUT2D eigenvalue weighted by atomic mass is 9.94. The van der Waals surface area contributed by atoms with Gasteiger partial charge in [0.1, 0.15) is 0 Å². The van der Waals surface area contributed by atoms with Crippen molar-refractivity contribution in [3.63, 3.8) is 0 Å². The predicted octanol–water partition coefficient (Wildman–Crippen LogP) is 2.36. The van der Waals surface area contributed by atoms with Crippen LogP contribution in [0.25, 0.3) is 0 Å². The Morgan fingerprint density at radius 2 is 2.09 bits per heavy atom. The van der Waals surface area contributed by atoms with E-state index in [2.05, 4.69) is 20.8 Å². The van der Waals surface area contributed by atoms with Crippen molar-refractivity contribution in [3.05, 3.63) is 11.1 Å². The zero-order valence-electron chi connectivity index (χ0n) is 7.72. The second-order valence-electron chi connectivity index (χ2n) is 3.61. The third kappa shape index (κ3) is 1.48. The van der Waals surface area contributed by atoms with Crippen LogP contribution in [0.5, 0.6) is 0 Å². The Morgan fingerprint density at radius 3 is 2.45 bits per heavy atom. The molecule has 0 heterocycles. The Kier molecular flexibility index (Phi) is 2.72. The van der Waals surface area contributed by atoms with Crippen LogP contribution in [0.3, 0.4) is 0 Å². The Balaban J connectivity index is 2.77. The van der Waals surface area contributed by atoms with Crippen molar-refractivity contribution in [2.75, 3.05) is 6.61 Å². The molecule has 0 aromatic carbocycles. The van der Waals surface area contributed by atoms with Gasteiger partial charge in [-0.05, 0) is 30.3 Å². The number of aliphatic hydroxyl groups excluding tert-OH is 1. The maximum Gasteiger partial charge on any atom is 0.0644 e. The lowest BCUT2D eigenvalue weighted by Crippen LogP contribution is -2.01. The van der Waals surface area contributed by atoms with Gasteiger partial charge in [-0.15, -0.1) is 0 Å². The first-order valence-corrected chi connectivity index (χ1v) is 4.52. The fraction of sp³-hybridized carbons (Fsp3) is 0.800. The van der Waals surface area contributed by atoms with E-state index in [4.69, 9.17) is 5.11 Å². The van der Waals surface area contributed by atoms with Gasteiger partial charge in [0.05, 0.1) is 6.61 Å². The first-order valence-electron chi connectivity index (χ1n) is 4.52. The molecule has 0 unspecified atom stereocenters. The summed E-state index contributed by atoms with van der Waals surface area (Å²) in [5.74, 6) is 1.44. The molecule has 1 aliphatic carbocycles. The summed E-state index contributed by atoms with van der Waals surface area (Å²) in [6.07, 6.45) is 2.22. The highest BCUT2D eigenvalue weighted by Gasteiger charge is 2.26. The topological polar surface area (TPSA) is 20.2 Å². The van der Waals surface area contributed by atoms with E-state index in [1.165, 1.54) is 11.1 Å². The molecule has 1 nitrogen and oxygen atoms in total. The summed E-state index contributed by atoms with van der Waals surface area (Å²) in [6, 6.07) is 0. The fourth-order valence-corrected chi connectivity index (χ4v) is 2.10. The molecule has 1 heteroatoms. The summed E-state index contributed by atoms with van der Waals surface area (Å²) >= 11 is 0. The van der Waals surface area contributed by atoms with Crippen LogP contribution in [-0.4, -0.2) is 11.7 Å². The van der Waals surface area contributed by atoms with Crippen molar-refractivity contribution >= 4 is 0 Å². The van der Waals surface area contributed by atoms with Gasteiger partial charge in [-0.1, -0.05) is 26.3 Å². The van der Waals surface area contributed by atoms with Crippen LogP contribution in [0.4, 0.5) is 0 Å². The molecule has 1 rings (SSSR count). The van der Waals surface area contributed by atoms with E-state index in [1.807, 2.05) is 0 Å². The average Bonchev–Trinajstić information content (AvgIpc) is 2.28. The Bertz CT molecular complexity index is 170. The van der Waals surface area contributed by atoms with Gasteiger partial charge in [-0.25, -0.2) is 0 Å². The van der Waals surface area contributed by atoms with E-state index in [9.17, 15) is 0 Å². The third-order valence-electron chi connectivity index (χ3n) is 3.00. The van der Waals surface area contributed by atoms with E-state index in [0.717, 1.165) is 18.8 Å². The zero-order valence-corrected chi connectivity index (χ0v) is 7.72. The van der Waals surface area contributed by atoms with Crippen LogP contribution in [0.15, 0.2) is 11.1 Å². The molecule has 0 radical (unpaired) electrons. The molecule has 0 fully saturated rings. The normalized spacial score (nSPS) is 31.6. The summed E-state index contributed by atoms with van der Waals surface area (Å²) in [6.45, 7) is 6.99. The molecule has 64 valence electrons. The van der Waals surface area contributed by atoms with Crippen LogP contribution < -0.4 is 0 Å². The minimum absolute atomic E-state index is 0.276. The average molecular weight is 154 g/mol. The number of hydrogen-bond acceptors (Lipinski definition) is 1. The zero-order chi connectivity index (χ0) is 8.43. The summed E-state index contributed by atoms with van der Waals surface area (Å²) in [5, 5.41) is 9.05. The van der Waals surface area contributed by atoms with Crippen molar-refractivity contribution in [2.45, 2.75) is 33.6 Å². The largest absolute Gasteiger partial charge is 0.392 e. The van der Waals surface area contributed by atoms with Gasteiger partial charge in [0, 0.05) is 0 Å². The van der Waals surface area contributed by atoms with E-state index < -0.39 is 0 Å². The molecule has 11 heavy (non-hydrogen) atoms. The molecule has 0 aliphatic heterocycles. The van der Waals surface area contributed by atoms with Crippen LogP contribution in [0, 0.1) is 11.8 Å². The molecule has 0 spiro atoms. The highest BCUT2D eigenvalue weighted by molar-refractivity contribution is 5.23. The van der Waals surface area contributed by atoms with Crippen LogP contribution in [0.1, 0.15) is 33.6 Å². The predicted molar refractivity (Wildman–Crippen MR) is 47.3 cm³/mol. The van der Waals surface area contributed by atoms with Crippen LogP contribution in [-0.2, 0) is 0 Å². The first kappa shape index (κ1) is 8.79. The van der Waals surface area contributed by atoms with Crippen molar-refractivity contribution in [1.82, 2.24) is 0 Å². The van der Waals surface area contributed by atoms with Gasteiger partial charge in [0.2, 0.25) is 0 Å².